The first-order chi connectivity index (χ1) is 8.24. The van der Waals surface area contributed by atoms with Crippen LogP contribution in [0.2, 0.25) is 0 Å². The molecule has 0 spiro atoms. The van der Waals surface area contributed by atoms with Crippen molar-refractivity contribution in [1.82, 2.24) is 10.1 Å². The number of nitrogens with two attached hydrogens (primary N) is 1. The Labute approximate surface area is 108 Å². The minimum Gasteiger partial charge on any atom is -0.338 e. The summed E-state index contributed by atoms with van der Waals surface area (Å²) in [5.74, 6) is 0.381. The minimum absolute atomic E-state index is 0.111. The highest BCUT2D eigenvalue weighted by atomic mass is 32.2. The molecule has 7 heteroatoms. The highest BCUT2D eigenvalue weighted by Crippen LogP contribution is 2.14. The molecule has 1 aromatic heterocycles. The van der Waals surface area contributed by atoms with Crippen LogP contribution in [-0.4, -0.2) is 24.3 Å². The topological polar surface area (TPSA) is 99.1 Å². The molecule has 0 amide bonds. The third-order valence-electron chi connectivity index (χ3n) is 2.45. The molecule has 18 heavy (non-hydrogen) atoms. The molecule has 0 aliphatic carbocycles. The second-order valence-electron chi connectivity index (χ2n) is 5.03. The van der Waals surface area contributed by atoms with Crippen LogP contribution < -0.4 is 5.73 Å². The predicted molar refractivity (Wildman–Crippen MR) is 68.5 cm³/mol. The van der Waals surface area contributed by atoms with Gasteiger partial charge < -0.3 is 10.3 Å². The van der Waals surface area contributed by atoms with Crippen LogP contribution in [0.4, 0.5) is 0 Å². The lowest BCUT2D eigenvalue weighted by molar-refractivity contribution is 0.368. The van der Waals surface area contributed by atoms with Crippen LogP contribution in [0.15, 0.2) is 4.52 Å². The SMILES string of the molecule is CCCCCS(=O)(=O)Cc1nc(C(C)(C)N)no1. The van der Waals surface area contributed by atoms with Gasteiger partial charge in [-0.3, -0.25) is 0 Å². The highest BCUT2D eigenvalue weighted by molar-refractivity contribution is 7.90. The van der Waals surface area contributed by atoms with E-state index in [1.54, 1.807) is 13.8 Å². The van der Waals surface area contributed by atoms with Gasteiger partial charge in [0.2, 0.25) is 5.89 Å². The second-order valence-corrected chi connectivity index (χ2v) is 7.22. The molecule has 0 radical (unpaired) electrons. The van der Waals surface area contributed by atoms with Crippen molar-refractivity contribution in [2.75, 3.05) is 5.75 Å². The van der Waals surface area contributed by atoms with Gasteiger partial charge in [-0.25, -0.2) is 8.42 Å². The highest BCUT2D eigenvalue weighted by Gasteiger charge is 2.23. The Balaban J connectivity index is 2.64. The summed E-state index contributed by atoms with van der Waals surface area (Å²) in [4.78, 5) is 4.01. The van der Waals surface area contributed by atoms with Crippen LogP contribution in [-0.2, 0) is 21.1 Å². The van der Waals surface area contributed by atoms with Crippen LogP contribution in [0.5, 0.6) is 0 Å². The molecule has 6 nitrogen and oxygen atoms in total. The lowest BCUT2D eigenvalue weighted by atomic mass is 10.1. The molecular weight excluding hydrogens is 254 g/mol. The van der Waals surface area contributed by atoms with E-state index in [4.69, 9.17) is 10.3 Å². The Hall–Kier alpha value is -0.950. The van der Waals surface area contributed by atoms with E-state index in [2.05, 4.69) is 10.1 Å². The van der Waals surface area contributed by atoms with E-state index in [0.29, 0.717) is 12.2 Å². The van der Waals surface area contributed by atoms with Crippen molar-refractivity contribution in [1.29, 1.82) is 0 Å². The summed E-state index contributed by atoms with van der Waals surface area (Å²) in [6.45, 7) is 5.50. The molecule has 104 valence electrons. The van der Waals surface area contributed by atoms with Crippen molar-refractivity contribution in [2.45, 2.75) is 51.3 Å². The number of sulfone groups is 1. The van der Waals surface area contributed by atoms with Gasteiger partial charge in [0.15, 0.2) is 15.7 Å². The largest absolute Gasteiger partial charge is 0.338 e. The van der Waals surface area contributed by atoms with E-state index in [9.17, 15) is 8.42 Å². The Kier molecular flexibility index (Phi) is 4.86. The monoisotopic (exact) mass is 275 g/mol. The fraction of sp³-hybridized carbons (Fsp3) is 0.818. The van der Waals surface area contributed by atoms with Gasteiger partial charge in [0.05, 0.1) is 11.3 Å². The van der Waals surface area contributed by atoms with Gasteiger partial charge >= 0.3 is 0 Å². The molecular formula is C11H21N3O3S. The molecule has 0 aliphatic heterocycles. The fourth-order valence-electron chi connectivity index (χ4n) is 1.41. The first kappa shape index (κ1) is 15.1. The summed E-state index contributed by atoms with van der Waals surface area (Å²) >= 11 is 0. The van der Waals surface area contributed by atoms with Gasteiger partial charge in [0.1, 0.15) is 5.75 Å². The number of hydrogen-bond donors (Lipinski definition) is 1. The summed E-state index contributed by atoms with van der Waals surface area (Å²) in [6, 6.07) is 0. The molecule has 1 heterocycles. The van der Waals surface area contributed by atoms with Gasteiger partial charge in [0, 0.05) is 0 Å². The van der Waals surface area contributed by atoms with Crippen molar-refractivity contribution in [2.24, 2.45) is 5.73 Å². The summed E-state index contributed by atoms with van der Waals surface area (Å²) in [7, 11) is -3.18. The van der Waals surface area contributed by atoms with Gasteiger partial charge in [-0.1, -0.05) is 24.9 Å². The Morgan fingerprint density at radius 1 is 1.33 bits per heavy atom. The molecule has 0 fully saturated rings. The van der Waals surface area contributed by atoms with Crippen LogP contribution in [0.25, 0.3) is 0 Å². The zero-order valence-corrected chi connectivity index (χ0v) is 12.0. The van der Waals surface area contributed by atoms with Gasteiger partial charge in [-0.2, -0.15) is 4.98 Å². The quantitative estimate of drug-likeness (QED) is 0.754. The third kappa shape index (κ3) is 4.73. The average molecular weight is 275 g/mol. The van der Waals surface area contributed by atoms with Crippen molar-refractivity contribution in [3.8, 4) is 0 Å². The van der Waals surface area contributed by atoms with Crippen LogP contribution in [0, 0.1) is 0 Å². The predicted octanol–water partition coefficient (Wildman–Crippen LogP) is 1.37. The average Bonchev–Trinajstić information content (AvgIpc) is 2.65. The summed E-state index contributed by atoms with van der Waals surface area (Å²) < 4.78 is 28.5. The van der Waals surface area contributed by atoms with Gasteiger partial charge in [-0.15, -0.1) is 0 Å². The first-order valence-electron chi connectivity index (χ1n) is 6.07. The van der Waals surface area contributed by atoms with Crippen molar-refractivity contribution in [3.63, 3.8) is 0 Å². The van der Waals surface area contributed by atoms with Crippen molar-refractivity contribution < 1.29 is 12.9 Å². The Morgan fingerprint density at radius 3 is 2.50 bits per heavy atom. The zero-order chi connectivity index (χ0) is 13.8. The van der Waals surface area contributed by atoms with E-state index < -0.39 is 15.4 Å². The van der Waals surface area contributed by atoms with Gasteiger partial charge in [-0.05, 0) is 20.3 Å². The molecule has 0 unspecified atom stereocenters. The zero-order valence-electron chi connectivity index (χ0n) is 11.1. The van der Waals surface area contributed by atoms with E-state index in [1.807, 2.05) is 6.92 Å². The number of nitrogens with zero attached hydrogens (tertiary/aromatic N) is 2. The molecule has 0 aliphatic rings. The maximum Gasteiger partial charge on any atom is 0.241 e. The third-order valence-corrected chi connectivity index (χ3v) is 4.04. The van der Waals surface area contributed by atoms with E-state index in [0.717, 1.165) is 12.8 Å². The minimum atomic E-state index is -3.18. The molecule has 1 aromatic rings. The smallest absolute Gasteiger partial charge is 0.241 e. The summed E-state index contributed by atoms with van der Waals surface area (Å²) in [6.07, 6.45) is 2.56. The van der Waals surface area contributed by atoms with Crippen LogP contribution in [0.3, 0.4) is 0 Å². The molecule has 0 aromatic carbocycles. The van der Waals surface area contributed by atoms with Crippen LogP contribution >= 0.6 is 0 Å². The van der Waals surface area contributed by atoms with Crippen LogP contribution in [0.1, 0.15) is 51.7 Å². The maximum absolute atomic E-state index is 11.8. The molecule has 1 rings (SSSR count). The van der Waals surface area contributed by atoms with E-state index in [-0.39, 0.29) is 17.4 Å². The lowest BCUT2D eigenvalue weighted by Gasteiger charge is -2.11. The number of aromatic nitrogens is 2. The van der Waals surface area contributed by atoms with Crippen molar-refractivity contribution in [3.05, 3.63) is 11.7 Å². The molecule has 0 atom stereocenters. The van der Waals surface area contributed by atoms with E-state index >= 15 is 0 Å². The Morgan fingerprint density at radius 2 is 2.00 bits per heavy atom. The number of unbranched alkanes of at least 4 members (excludes halogenated alkanes) is 2. The van der Waals surface area contributed by atoms with E-state index in [1.165, 1.54) is 0 Å². The lowest BCUT2D eigenvalue weighted by Crippen LogP contribution is -2.30. The normalized spacial score (nSPS) is 12.9. The number of hydrogen-bond acceptors (Lipinski definition) is 6. The summed E-state index contributed by atoms with van der Waals surface area (Å²) in [5.41, 5.74) is 5.07. The molecule has 2 N–H and O–H groups in total. The standard InChI is InChI=1S/C11H21N3O3S/c1-4-5-6-7-18(15,16)8-9-13-10(14-17-9)11(2,3)12/h4-8,12H2,1-3H3. The molecule has 0 bridgehead atoms. The fourth-order valence-corrected chi connectivity index (χ4v) is 2.69. The molecule has 0 saturated carbocycles. The maximum atomic E-state index is 11.8. The first-order valence-corrected chi connectivity index (χ1v) is 7.89. The Bertz CT molecular complexity index is 474. The number of rotatable bonds is 7. The van der Waals surface area contributed by atoms with Crippen molar-refractivity contribution >= 4 is 9.84 Å². The molecule has 0 saturated heterocycles. The summed E-state index contributed by atoms with van der Waals surface area (Å²) in [5, 5.41) is 3.69. The van der Waals surface area contributed by atoms with Gasteiger partial charge in [0.25, 0.3) is 0 Å². The second kappa shape index (κ2) is 5.79.